The standard InChI is InChI=1S/C26H32N2/c1-3-7-23-21(5-1)13-15-25(23)27-17-19-9-11-20(12-10-19)18-28-26-16-14-22-6-2-4-8-24(22)26/h1-9,20,25-28H,10-18H2. The summed E-state index contributed by atoms with van der Waals surface area (Å²) >= 11 is 0. The lowest BCUT2D eigenvalue weighted by Gasteiger charge is -2.25. The van der Waals surface area contributed by atoms with E-state index in [1.165, 1.54) is 61.6 Å². The highest BCUT2D eigenvalue weighted by molar-refractivity contribution is 5.35. The van der Waals surface area contributed by atoms with Crippen molar-refractivity contribution in [1.29, 1.82) is 0 Å². The molecule has 3 aliphatic rings. The van der Waals surface area contributed by atoms with Crippen molar-refractivity contribution in [2.75, 3.05) is 13.1 Å². The van der Waals surface area contributed by atoms with Crippen LogP contribution in [0.4, 0.5) is 0 Å². The van der Waals surface area contributed by atoms with Gasteiger partial charge < -0.3 is 10.6 Å². The summed E-state index contributed by atoms with van der Waals surface area (Å²) in [6.45, 7) is 2.22. The molecule has 2 heteroatoms. The van der Waals surface area contributed by atoms with Gasteiger partial charge in [0.2, 0.25) is 0 Å². The number of hydrogen-bond acceptors (Lipinski definition) is 2. The lowest BCUT2D eigenvalue weighted by atomic mass is 9.89. The smallest absolute Gasteiger partial charge is 0.0329 e. The molecule has 0 heterocycles. The number of allylic oxidation sites excluding steroid dienone is 1. The highest BCUT2D eigenvalue weighted by Gasteiger charge is 2.24. The molecule has 3 atom stereocenters. The van der Waals surface area contributed by atoms with Gasteiger partial charge in [-0.15, -0.1) is 0 Å². The predicted octanol–water partition coefficient (Wildman–Crippen LogP) is 5.27. The zero-order chi connectivity index (χ0) is 18.8. The minimum absolute atomic E-state index is 0.555. The van der Waals surface area contributed by atoms with Gasteiger partial charge in [-0.3, -0.25) is 0 Å². The van der Waals surface area contributed by atoms with E-state index in [1.54, 1.807) is 11.1 Å². The Bertz CT molecular complexity index is 853. The zero-order valence-electron chi connectivity index (χ0n) is 16.8. The van der Waals surface area contributed by atoms with Gasteiger partial charge in [0.15, 0.2) is 0 Å². The van der Waals surface area contributed by atoms with Crippen molar-refractivity contribution in [1.82, 2.24) is 10.6 Å². The maximum Gasteiger partial charge on any atom is 0.0329 e. The van der Waals surface area contributed by atoms with Crippen LogP contribution in [0.2, 0.25) is 0 Å². The first-order valence-electron chi connectivity index (χ1n) is 11.2. The van der Waals surface area contributed by atoms with E-state index in [0.717, 1.165) is 19.0 Å². The molecule has 5 rings (SSSR count). The number of fused-ring (bicyclic) bond motifs is 2. The number of nitrogens with one attached hydrogen (secondary N) is 2. The van der Waals surface area contributed by atoms with Crippen molar-refractivity contribution in [3.8, 4) is 0 Å². The summed E-state index contributed by atoms with van der Waals surface area (Å²) in [7, 11) is 0. The molecule has 0 aromatic heterocycles. The van der Waals surface area contributed by atoms with Crippen molar-refractivity contribution in [2.24, 2.45) is 5.92 Å². The van der Waals surface area contributed by atoms with Crippen LogP contribution in [-0.2, 0) is 12.8 Å². The second kappa shape index (κ2) is 8.23. The van der Waals surface area contributed by atoms with Crippen LogP contribution >= 0.6 is 0 Å². The van der Waals surface area contributed by atoms with Gasteiger partial charge in [0, 0.05) is 18.6 Å². The molecular formula is C26H32N2. The molecule has 3 aliphatic carbocycles. The molecule has 2 aromatic rings. The maximum absolute atomic E-state index is 3.87. The number of benzene rings is 2. The van der Waals surface area contributed by atoms with Gasteiger partial charge >= 0.3 is 0 Å². The van der Waals surface area contributed by atoms with Crippen molar-refractivity contribution < 1.29 is 0 Å². The third kappa shape index (κ3) is 3.81. The van der Waals surface area contributed by atoms with E-state index < -0.39 is 0 Å². The van der Waals surface area contributed by atoms with Gasteiger partial charge in [-0.2, -0.15) is 0 Å². The van der Waals surface area contributed by atoms with Crippen molar-refractivity contribution in [2.45, 2.75) is 57.0 Å². The summed E-state index contributed by atoms with van der Waals surface area (Å²) < 4.78 is 0. The second-order valence-electron chi connectivity index (χ2n) is 8.87. The van der Waals surface area contributed by atoms with Gasteiger partial charge in [0.25, 0.3) is 0 Å². The molecule has 0 radical (unpaired) electrons. The molecule has 2 N–H and O–H groups in total. The van der Waals surface area contributed by atoms with Crippen molar-refractivity contribution in [3.63, 3.8) is 0 Å². The van der Waals surface area contributed by atoms with Gasteiger partial charge in [-0.05, 0) is 79.7 Å². The van der Waals surface area contributed by atoms with Crippen molar-refractivity contribution >= 4 is 0 Å². The fourth-order valence-corrected chi connectivity index (χ4v) is 5.39. The Morgan fingerprint density at radius 3 is 2.00 bits per heavy atom. The van der Waals surface area contributed by atoms with E-state index >= 15 is 0 Å². The molecule has 0 fully saturated rings. The van der Waals surface area contributed by atoms with Crippen LogP contribution in [0.3, 0.4) is 0 Å². The molecule has 146 valence electrons. The Kier molecular flexibility index (Phi) is 5.33. The molecule has 3 unspecified atom stereocenters. The van der Waals surface area contributed by atoms with Crippen LogP contribution < -0.4 is 10.6 Å². The monoisotopic (exact) mass is 372 g/mol. The topological polar surface area (TPSA) is 24.1 Å². The molecule has 0 saturated carbocycles. The van der Waals surface area contributed by atoms with Crippen LogP contribution in [0.1, 0.15) is 66.4 Å². The molecule has 0 saturated heterocycles. The van der Waals surface area contributed by atoms with E-state index in [2.05, 4.69) is 65.2 Å². The second-order valence-corrected chi connectivity index (χ2v) is 8.87. The van der Waals surface area contributed by atoms with E-state index in [-0.39, 0.29) is 0 Å². The summed E-state index contributed by atoms with van der Waals surface area (Å²) in [5.74, 6) is 0.795. The minimum atomic E-state index is 0.555. The van der Waals surface area contributed by atoms with Gasteiger partial charge in [-0.25, -0.2) is 0 Å². The van der Waals surface area contributed by atoms with Crippen molar-refractivity contribution in [3.05, 3.63) is 82.4 Å². The Balaban J connectivity index is 1.09. The molecule has 2 aromatic carbocycles. The molecule has 0 bridgehead atoms. The molecular weight excluding hydrogens is 340 g/mol. The first-order chi connectivity index (χ1) is 13.9. The summed E-state index contributed by atoms with van der Waals surface area (Å²) in [6, 6.07) is 19.0. The summed E-state index contributed by atoms with van der Waals surface area (Å²) in [5.41, 5.74) is 7.77. The predicted molar refractivity (Wildman–Crippen MR) is 116 cm³/mol. The van der Waals surface area contributed by atoms with Gasteiger partial charge in [0.1, 0.15) is 0 Å². The van der Waals surface area contributed by atoms with Crippen LogP contribution in [0.15, 0.2) is 60.2 Å². The third-order valence-electron chi connectivity index (χ3n) is 7.11. The third-order valence-corrected chi connectivity index (χ3v) is 7.11. The molecule has 2 nitrogen and oxygen atoms in total. The van der Waals surface area contributed by atoms with Crippen LogP contribution in [0.5, 0.6) is 0 Å². The summed E-state index contributed by atoms with van der Waals surface area (Å²) in [5, 5.41) is 7.69. The van der Waals surface area contributed by atoms with E-state index in [9.17, 15) is 0 Å². The molecule has 0 aliphatic heterocycles. The highest BCUT2D eigenvalue weighted by atomic mass is 14.9. The number of hydrogen-bond donors (Lipinski definition) is 2. The quantitative estimate of drug-likeness (QED) is 0.675. The lowest BCUT2D eigenvalue weighted by molar-refractivity contribution is 0.395. The van der Waals surface area contributed by atoms with E-state index in [4.69, 9.17) is 0 Å². The molecule has 0 spiro atoms. The largest absolute Gasteiger partial charge is 0.310 e. The molecule has 0 amide bonds. The first-order valence-corrected chi connectivity index (χ1v) is 11.2. The average Bonchev–Trinajstić information content (AvgIpc) is 3.36. The fourth-order valence-electron chi connectivity index (χ4n) is 5.39. The fraction of sp³-hybridized carbons (Fsp3) is 0.462. The molecule has 28 heavy (non-hydrogen) atoms. The van der Waals surface area contributed by atoms with Gasteiger partial charge in [0.05, 0.1) is 0 Å². The lowest BCUT2D eigenvalue weighted by Crippen LogP contribution is -2.28. The normalized spacial score (nSPS) is 26.0. The van der Waals surface area contributed by atoms with Gasteiger partial charge in [-0.1, -0.05) is 60.2 Å². The highest BCUT2D eigenvalue weighted by Crippen LogP contribution is 2.33. The Morgan fingerprint density at radius 1 is 0.714 bits per heavy atom. The average molecular weight is 373 g/mol. The number of aryl methyl sites for hydroxylation is 2. The Labute approximate surface area is 169 Å². The van der Waals surface area contributed by atoms with E-state index in [0.29, 0.717) is 12.1 Å². The van der Waals surface area contributed by atoms with Crippen LogP contribution in [-0.4, -0.2) is 13.1 Å². The minimum Gasteiger partial charge on any atom is -0.310 e. The summed E-state index contributed by atoms with van der Waals surface area (Å²) in [6.07, 6.45) is 11.3. The van der Waals surface area contributed by atoms with Crippen LogP contribution in [0, 0.1) is 5.92 Å². The zero-order valence-corrected chi connectivity index (χ0v) is 16.8. The Morgan fingerprint density at radius 2 is 1.36 bits per heavy atom. The summed E-state index contributed by atoms with van der Waals surface area (Å²) in [4.78, 5) is 0. The number of rotatable bonds is 6. The SMILES string of the molecule is C1=C(CNC2CCc3ccccc32)CCC(CNC2CCc3ccccc32)C1. The van der Waals surface area contributed by atoms with E-state index in [1.807, 2.05) is 0 Å². The first kappa shape index (κ1) is 18.1. The maximum atomic E-state index is 3.87. The Hall–Kier alpha value is -1.90. The van der Waals surface area contributed by atoms with Crippen LogP contribution in [0.25, 0.3) is 0 Å².